The van der Waals surface area contributed by atoms with Crippen LogP contribution in [0, 0.1) is 5.82 Å². The van der Waals surface area contributed by atoms with Crippen LogP contribution in [-0.2, 0) is 4.74 Å². The van der Waals surface area contributed by atoms with Crippen molar-refractivity contribution in [3.63, 3.8) is 0 Å². The standard InChI is InChI=1S/C14H15BrFNO2/c15-9-4-5-11(16)10(8-9)14(18)17-6-7-19-13-3-1-2-12(13)17/h4-5,8,12-13H,1-3,6-7H2. The second kappa shape index (κ2) is 5.21. The van der Waals surface area contributed by atoms with Gasteiger partial charge in [-0.3, -0.25) is 4.79 Å². The molecule has 1 heterocycles. The number of carbonyl (C=O) groups excluding carboxylic acids is 1. The Morgan fingerprint density at radius 3 is 3.11 bits per heavy atom. The van der Waals surface area contributed by atoms with Crippen molar-refractivity contribution in [2.75, 3.05) is 13.2 Å². The molecule has 1 saturated heterocycles. The van der Waals surface area contributed by atoms with E-state index in [2.05, 4.69) is 15.9 Å². The van der Waals surface area contributed by atoms with Crippen molar-refractivity contribution in [3.8, 4) is 0 Å². The van der Waals surface area contributed by atoms with Crippen LogP contribution in [0.3, 0.4) is 0 Å². The lowest BCUT2D eigenvalue weighted by Gasteiger charge is -2.37. The SMILES string of the molecule is O=C(c1cc(Br)ccc1F)N1CCOC2CCCC21. The maximum absolute atomic E-state index is 13.8. The molecule has 2 aliphatic rings. The molecule has 2 unspecified atom stereocenters. The molecule has 1 aromatic carbocycles. The summed E-state index contributed by atoms with van der Waals surface area (Å²) in [7, 11) is 0. The lowest BCUT2D eigenvalue weighted by atomic mass is 10.1. The highest BCUT2D eigenvalue weighted by Crippen LogP contribution is 2.31. The maximum atomic E-state index is 13.8. The highest BCUT2D eigenvalue weighted by Gasteiger charge is 2.39. The number of hydrogen-bond donors (Lipinski definition) is 0. The summed E-state index contributed by atoms with van der Waals surface area (Å²) in [5.41, 5.74) is 0.141. The molecule has 0 spiro atoms. The smallest absolute Gasteiger partial charge is 0.257 e. The topological polar surface area (TPSA) is 29.5 Å². The first-order chi connectivity index (χ1) is 9.16. The first kappa shape index (κ1) is 13.1. The van der Waals surface area contributed by atoms with Gasteiger partial charge >= 0.3 is 0 Å². The molecule has 1 saturated carbocycles. The largest absolute Gasteiger partial charge is 0.374 e. The van der Waals surface area contributed by atoms with Crippen LogP contribution in [0.25, 0.3) is 0 Å². The zero-order valence-corrected chi connectivity index (χ0v) is 12.0. The predicted octanol–water partition coefficient (Wildman–Crippen LogP) is 2.98. The van der Waals surface area contributed by atoms with E-state index in [-0.39, 0.29) is 23.6 Å². The molecule has 3 rings (SSSR count). The van der Waals surface area contributed by atoms with Crippen LogP contribution in [-0.4, -0.2) is 36.1 Å². The molecule has 0 bridgehead atoms. The van der Waals surface area contributed by atoms with Crippen LogP contribution < -0.4 is 0 Å². The van der Waals surface area contributed by atoms with Gasteiger partial charge in [-0.1, -0.05) is 15.9 Å². The molecule has 1 aliphatic carbocycles. The van der Waals surface area contributed by atoms with E-state index in [9.17, 15) is 9.18 Å². The van der Waals surface area contributed by atoms with E-state index < -0.39 is 5.82 Å². The molecule has 1 aliphatic heterocycles. The highest BCUT2D eigenvalue weighted by molar-refractivity contribution is 9.10. The number of rotatable bonds is 1. The highest BCUT2D eigenvalue weighted by atomic mass is 79.9. The lowest BCUT2D eigenvalue weighted by Crippen LogP contribution is -2.51. The van der Waals surface area contributed by atoms with Crippen LogP contribution in [0.4, 0.5) is 4.39 Å². The first-order valence-electron chi connectivity index (χ1n) is 6.54. The van der Waals surface area contributed by atoms with E-state index in [1.807, 2.05) is 0 Å². The molecule has 1 amide bonds. The van der Waals surface area contributed by atoms with Gasteiger partial charge in [0.2, 0.25) is 0 Å². The number of amides is 1. The Morgan fingerprint density at radius 1 is 1.42 bits per heavy atom. The first-order valence-corrected chi connectivity index (χ1v) is 7.34. The Morgan fingerprint density at radius 2 is 2.26 bits per heavy atom. The zero-order valence-electron chi connectivity index (χ0n) is 10.4. The van der Waals surface area contributed by atoms with E-state index >= 15 is 0 Å². The molecule has 2 atom stereocenters. The maximum Gasteiger partial charge on any atom is 0.257 e. The quantitative estimate of drug-likeness (QED) is 0.793. The number of fused-ring (bicyclic) bond motifs is 1. The normalized spacial score (nSPS) is 26.3. The summed E-state index contributed by atoms with van der Waals surface area (Å²) in [6.45, 7) is 1.09. The predicted molar refractivity (Wildman–Crippen MR) is 72.5 cm³/mol. The van der Waals surface area contributed by atoms with E-state index in [1.165, 1.54) is 6.07 Å². The zero-order chi connectivity index (χ0) is 13.4. The molecule has 0 N–H and O–H groups in total. The van der Waals surface area contributed by atoms with Gasteiger partial charge in [0.25, 0.3) is 5.91 Å². The number of halogens is 2. The van der Waals surface area contributed by atoms with Gasteiger partial charge in [0, 0.05) is 11.0 Å². The van der Waals surface area contributed by atoms with Crippen molar-refractivity contribution in [1.29, 1.82) is 0 Å². The van der Waals surface area contributed by atoms with Crippen molar-refractivity contribution in [2.24, 2.45) is 0 Å². The molecule has 5 heteroatoms. The van der Waals surface area contributed by atoms with E-state index in [1.54, 1.807) is 17.0 Å². The Kier molecular flexibility index (Phi) is 3.58. The second-order valence-electron chi connectivity index (χ2n) is 5.03. The van der Waals surface area contributed by atoms with Crippen molar-refractivity contribution >= 4 is 21.8 Å². The Bertz CT molecular complexity index is 508. The molecular weight excluding hydrogens is 313 g/mol. The Balaban J connectivity index is 1.88. The van der Waals surface area contributed by atoms with E-state index in [0.29, 0.717) is 17.6 Å². The summed E-state index contributed by atoms with van der Waals surface area (Å²) in [6.07, 6.45) is 3.15. The van der Waals surface area contributed by atoms with Gasteiger partial charge in [-0.15, -0.1) is 0 Å². The summed E-state index contributed by atoms with van der Waals surface area (Å²) in [6, 6.07) is 4.59. The average Bonchev–Trinajstić information content (AvgIpc) is 2.89. The van der Waals surface area contributed by atoms with E-state index in [4.69, 9.17) is 4.74 Å². The minimum Gasteiger partial charge on any atom is -0.374 e. The summed E-state index contributed by atoms with van der Waals surface area (Å²) in [5.74, 6) is -0.687. The summed E-state index contributed by atoms with van der Waals surface area (Å²) in [5, 5.41) is 0. The average molecular weight is 328 g/mol. The fourth-order valence-corrected chi connectivity index (χ4v) is 3.35. The molecule has 0 radical (unpaired) electrons. The van der Waals surface area contributed by atoms with Gasteiger partial charge < -0.3 is 9.64 Å². The Labute approximate surface area is 119 Å². The van der Waals surface area contributed by atoms with Crippen LogP contribution in [0.5, 0.6) is 0 Å². The van der Waals surface area contributed by atoms with E-state index in [0.717, 1.165) is 19.3 Å². The van der Waals surface area contributed by atoms with Crippen LogP contribution in [0.15, 0.2) is 22.7 Å². The van der Waals surface area contributed by atoms with Gasteiger partial charge in [0.1, 0.15) is 5.82 Å². The van der Waals surface area contributed by atoms with Crippen LogP contribution in [0.2, 0.25) is 0 Å². The van der Waals surface area contributed by atoms with Gasteiger partial charge in [-0.25, -0.2) is 4.39 Å². The monoisotopic (exact) mass is 327 g/mol. The molecule has 19 heavy (non-hydrogen) atoms. The van der Waals surface area contributed by atoms with Crippen molar-refractivity contribution in [2.45, 2.75) is 31.4 Å². The number of benzene rings is 1. The van der Waals surface area contributed by atoms with Crippen LogP contribution in [0.1, 0.15) is 29.6 Å². The van der Waals surface area contributed by atoms with Crippen LogP contribution >= 0.6 is 15.9 Å². The minimum atomic E-state index is -0.464. The summed E-state index contributed by atoms with van der Waals surface area (Å²) < 4.78 is 20.2. The fraction of sp³-hybridized carbons (Fsp3) is 0.500. The fourth-order valence-electron chi connectivity index (χ4n) is 2.99. The Hall–Kier alpha value is -0.940. The van der Waals surface area contributed by atoms with Crippen molar-refractivity contribution in [3.05, 3.63) is 34.1 Å². The van der Waals surface area contributed by atoms with Crippen molar-refractivity contribution in [1.82, 2.24) is 4.90 Å². The second-order valence-corrected chi connectivity index (χ2v) is 5.95. The third-order valence-electron chi connectivity index (χ3n) is 3.90. The minimum absolute atomic E-state index is 0.111. The lowest BCUT2D eigenvalue weighted by molar-refractivity contribution is -0.0446. The number of carbonyl (C=O) groups is 1. The molecule has 1 aromatic rings. The van der Waals surface area contributed by atoms with Crippen molar-refractivity contribution < 1.29 is 13.9 Å². The van der Waals surface area contributed by atoms with Gasteiger partial charge in [0.15, 0.2) is 0 Å². The molecule has 102 valence electrons. The number of morpholine rings is 1. The number of hydrogen-bond acceptors (Lipinski definition) is 2. The van der Waals surface area contributed by atoms with Gasteiger partial charge in [-0.05, 0) is 37.5 Å². The molecule has 2 fully saturated rings. The number of nitrogens with zero attached hydrogens (tertiary/aromatic N) is 1. The van der Waals surface area contributed by atoms with Gasteiger partial charge in [0.05, 0.1) is 24.3 Å². The summed E-state index contributed by atoms with van der Waals surface area (Å²) in [4.78, 5) is 14.3. The molecule has 3 nitrogen and oxygen atoms in total. The third kappa shape index (κ3) is 2.41. The molecule has 0 aromatic heterocycles. The number of ether oxygens (including phenoxy) is 1. The molecular formula is C14H15BrFNO2. The third-order valence-corrected chi connectivity index (χ3v) is 4.40. The summed E-state index contributed by atoms with van der Waals surface area (Å²) >= 11 is 3.28. The van der Waals surface area contributed by atoms with Gasteiger partial charge in [-0.2, -0.15) is 0 Å².